The largest absolute Gasteiger partial charge is 0.507 e. The lowest BCUT2D eigenvalue weighted by molar-refractivity contribution is -0.137. The first-order chi connectivity index (χ1) is 13.3. The molecule has 3 aromatic rings. The maximum atomic E-state index is 12.9. The highest BCUT2D eigenvalue weighted by Gasteiger charge is 2.31. The van der Waals surface area contributed by atoms with Crippen LogP contribution in [0.1, 0.15) is 18.4 Å². The van der Waals surface area contributed by atoms with E-state index in [-0.39, 0.29) is 11.6 Å². The summed E-state index contributed by atoms with van der Waals surface area (Å²) in [5.41, 5.74) is 0.356. The van der Waals surface area contributed by atoms with Gasteiger partial charge in [0.25, 0.3) is 0 Å². The highest BCUT2D eigenvalue weighted by atomic mass is 19.4. The quantitative estimate of drug-likeness (QED) is 0.714. The Hall–Kier alpha value is -2.81. The Bertz CT molecular complexity index is 993. The minimum atomic E-state index is -4.51. The van der Waals surface area contributed by atoms with Crippen LogP contribution in [0, 0.1) is 0 Å². The number of benzene rings is 1. The highest BCUT2D eigenvalue weighted by Crippen LogP contribution is 2.37. The van der Waals surface area contributed by atoms with Crippen LogP contribution in [0.4, 0.5) is 19.1 Å². The fourth-order valence-electron chi connectivity index (χ4n) is 3.50. The summed E-state index contributed by atoms with van der Waals surface area (Å²) in [4.78, 5) is 2.27. The Labute approximate surface area is 159 Å². The molecule has 0 aliphatic carbocycles. The number of aromatic nitrogens is 3. The second kappa shape index (κ2) is 6.97. The molecule has 0 saturated carbocycles. The molecule has 0 amide bonds. The van der Waals surface area contributed by atoms with Crippen molar-refractivity contribution in [3.05, 3.63) is 42.1 Å². The average Bonchev–Trinajstić information content (AvgIpc) is 3.06. The molecule has 0 radical (unpaired) electrons. The molecule has 28 heavy (non-hydrogen) atoms. The molecule has 6 nitrogen and oxygen atoms in total. The van der Waals surface area contributed by atoms with Gasteiger partial charge in [0.1, 0.15) is 5.75 Å². The maximum absolute atomic E-state index is 12.9. The van der Waals surface area contributed by atoms with E-state index in [1.54, 1.807) is 22.7 Å². The number of rotatable bonds is 3. The lowest BCUT2D eigenvalue weighted by Crippen LogP contribution is -2.37. The van der Waals surface area contributed by atoms with Crippen LogP contribution in [0.25, 0.3) is 16.8 Å². The summed E-state index contributed by atoms with van der Waals surface area (Å²) in [6, 6.07) is 6.67. The molecule has 1 aliphatic rings. The van der Waals surface area contributed by atoms with E-state index in [0.29, 0.717) is 17.2 Å². The zero-order chi connectivity index (χ0) is 19.9. The summed E-state index contributed by atoms with van der Waals surface area (Å²) in [6.07, 6.45) is -0.741. The zero-order valence-electron chi connectivity index (χ0n) is 15.2. The number of piperidine rings is 1. The van der Waals surface area contributed by atoms with E-state index >= 15 is 0 Å². The standard InChI is InChI=1S/C19H20F3N5O/c1-26-9-6-13(7-10-26)23-18-25-24-17-15(3-2-8-27(17)18)14-5-4-12(11-16(14)28)19(20,21)22/h2-5,8,11,13,28H,6-7,9-10H2,1H3,(H,23,25). The van der Waals surface area contributed by atoms with Gasteiger partial charge in [-0.05, 0) is 63.3 Å². The van der Waals surface area contributed by atoms with Crippen molar-refractivity contribution in [2.45, 2.75) is 25.1 Å². The minimum Gasteiger partial charge on any atom is -0.507 e. The van der Waals surface area contributed by atoms with Gasteiger partial charge in [-0.1, -0.05) is 0 Å². The van der Waals surface area contributed by atoms with Gasteiger partial charge in [0.2, 0.25) is 5.95 Å². The number of hydrogen-bond acceptors (Lipinski definition) is 5. The van der Waals surface area contributed by atoms with Crippen LogP contribution >= 0.6 is 0 Å². The van der Waals surface area contributed by atoms with E-state index < -0.39 is 17.5 Å². The number of aromatic hydroxyl groups is 1. The van der Waals surface area contributed by atoms with E-state index in [9.17, 15) is 18.3 Å². The number of phenols is 1. The maximum Gasteiger partial charge on any atom is 0.416 e. The van der Waals surface area contributed by atoms with Crippen LogP contribution in [-0.4, -0.2) is 50.8 Å². The highest BCUT2D eigenvalue weighted by molar-refractivity contribution is 5.82. The molecular formula is C19H20F3N5O. The number of anilines is 1. The van der Waals surface area contributed by atoms with Crippen molar-refractivity contribution in [3.63, 3.8) is 0 Å². The molecule has 148 valence electrons. The molecule has 4 rings (SSSR count). The number of halogens is 3. The monoisotopic (exact) mass is 391 g/mol. The van der Waals surface area contributed by atoms with Gasteiger partial charge < -0.3 is 15.3 Å². The van der Waals surface area contributed by atoms with Gasteiger partial charge in [0.05, 0.1) is 5.56 Å². The number of nitrogens with one attached hydrogen (secondary N) is 1. The van der Waals surface area contributed by atoms with Crippen LogP contribution in [0.3, 0.4) is 0 Å². The van der Waals surface area contributed by atoms with E-state index in [1.807, 2.05) is 0 Å². The average molecular weight is 391 g/mol. The van der Waals surface area contributed by atoms with Gasteiger partial charge in [-0.15, -0.1) is 10.2 Å². The number of fused-ring (bicyclic) bond motifs is 1. The van der Waals surface area contributed by atoms with Crippen LogP contribution in [0.5, 0.6) is 5.75 Å². The molecule has 2 N–H and O–H groups in total. The molecular weight excluding hydrogens is 371 g/mol. The van der Waals surface area contributed by atoms with Crippen molar-refractivity contribution in [3.8, 4) is 16.9 Å². The molecule has 1 fully saturated rings. The summed E-state index contributed by atoms with van der Waals surface area (Å²) in [5, 5.41) is 22.0. The third-order valence-electron chi connectivity index (χ3n) is 5.10. The first-order valence-electron chi connectivity index (χ1n) is 9.02. The van der Waals surface area contributed by atoms with Crippen LogP contribution in [-0.2, 0) is 6.18 Å². The van der Waals surface area contributed by atoms with E-state index in [2.05, 4.69) is 27.5 Å². The number of hydrogen-bond donors (Lipinski definition) is 2. The smallest absolute Gasteiger partial charge is 0.416 e. The third-order valence-corrected chi connectivity index (χ3v) is 5.10. The van der Waals surface area contributed by atoms with Crippen molar-refractivity contribution in [2.75, 3.05) is 25.5 Å². The predicted octanol–water partition coefficient (Wildman–Crippen LogP) is 3.63. The first kappa shape index (κ1) is 18.5. The second-order valence-corrected chi connectivity index (χ2v) is 7.09. The van der Waals surface area contributed by atoms with E-state index in [0.717, 1.165) is 38.1 Å². The van der Waals surface area contributed by atoms with Gasteiger partial charge >= 0.3 is 6.18 Å². The van der Waals surface area contributed by atoms with Gasteiger partial charge in [-0.2, -0.15) is 13.2 Å². The van der Waals surface area contributed by atoms with Crippen molar-refractivity contribution in [2.24, 2.45) is 0 Å². The van der Waals surface area contributed by atoms with Gasteiger partial charge in [0.15, 0.2) is 5.65 Å². The van der Waals surface area contributed by atoms with Gasteiger partial charge in [0, 0.05) is 23.4 Å². The summed E-state index contributed by atoms with van der Waals surface area (Å²) >= 11 is 0. The molecule has 1 aromatic carbocycles. The fourth-order valence-corrected chi connectivity index (χ4v) is 3.50. The van der Waals surface area contributed by atoms with E-state index in [4.69, 9.17) is 0 Å². The van der Waals surface area contributed by atoms with Crippen LogP contribution < -0.4 is 5.32 Å². The first-order valence-corrected chi connectivity index (χ1v) is 9.02. The molecule has 3 heterocycles. The second-order valence-electron chi connectivity index (χ2n) is 7.09. The summed E-state index contributed by atoms with van der Waals surface area (Å²) < 4.78 is 40.3. The van der Waals surface area contributed by atoms with Crippen molar-refractivity contribution in [1.82, 2.24) is 19.5 Å². The summed E-state index contributed by atoms with van der Waals surface area (Å²) in [6.45, 7) is 2.00. The zero-order valence-corrected chi connectivity index (χ0v) is 15.2. The number of phenolic OH excluding ortho intramolecular Hbond substituents is 1. The van der Waals surface area contributed by atoms with Crippen LogP contribution in [0.2, 0.25) is 0 Å². The minimum absolute atomic E-state index is 0.275. The van der Waals surface area contributed by atoms with Gasteiger partial charge in [-0.25, -0.2) is 0 Å². The number of nitrogens with zero attached hydrogens (tertiary/aromatic N) is 4. The number of alkyl halides is 3. The van der Waals surface area contributed by atoms with Crippen molar-refractivity contribution >= 4 is 11.6 Å². The SMILES string of the molecule is CN1CCC(Nc2nnc3c(-c4ccc(C(F)(F)F)cc4O)cccn23)CC1. The van der Waals surface area contributed by atoms with Crippen molar-refractivity contribution in [1.29, 1.82) is 0 Å². The molecule has 1 saturated heterocycles. The molecule has 2 aromatic heterocycles. The molecule has 9 heteroatoms. The third kappa shape index (κ3) is 3.49. The van der Waals surface area contributed by atoms with Gasteiger partial charge in [-0.3, -0.25) is 4.40 Å². The molecule has 1 aliphatic heterocycles. The fraction of sp³-hybridized carbons (Fsp3) is 0.368. The lowest BCUT2D eigenvalue weighted by atomic mass is 10.0. The Morgan fingerprint density at radius 1 is 1.11 bits per heavy atom. The molecule has 0 bridgehead atoms. The number of likely N-dealkylation sites (tertiary alicyclic amines) is 1. The normalized spacial score (nSPS) is 16.6. The number of pyridine rings is 1. The Balaban J connectivity index is 1.67. The van der Waals surface area contributed by atoms with Crippen molar-refractivity contribution < 1.29 is 18.3 Å². The Morgan fingerprint density at radius 2 is 1.86 bits per heavy atom. The topological polar surface area (TPSA) is 65.7 Å². The Morgan fingerprint density at radius 3 is 2.54 bits per heavy atom. The molecule has 0 atom stereocenters. The summed E-state index contributed by atoms with van der Waals surface area (Å²) in [5.74, 6) is 0.133. The van der Waals surface area contributed by atoms with E-state index in [1.165, 1.54) is 6.07 Å². The Kier molecular flexibility index (Phi) is 4.62. The molecule has 0 unspecified atom stereocenters. The lowest BCUT2D eigenvalue weighted by Gasteiger charge is -2.29. The summed E-state index contributed by atoms with van der Waals surface area (Å²) in [7, 11) is 2.09. The van der Waals surface area contributed by atoms with Crippen LogP contribution in [0.15, 0.2) is 36.5 Å². The molecule has 0 spiro atoms. The predicted molar refractivity (Wildman–Crippen MR) is 99.2 cm³/mol.